The van der Waals surface area contributed by atoms with Crippen LogP contribution in [-0.2, 0) is 6.42 Å². The Morgan fingerprint density at radius 1 is 1.20 bits per heavy atom. The predicted molar refractivity (Wildman–Crippen MR) is 63.5 cm³/mol. The maximum atomic E-state index is 5.61. The number of hydrogen-bond donors (Lipinski definition) is 0. The van der Waals surface area contributed by atoms with Gasteiger partial charge in [-0.1, -0.05) is 32.9 Å². The highest BCUT2D eigenvalue weighted by Gasteiger charge is 2.11. The van der Waals surface area contributed by atoms with Crippen LogP contribution in [0.4, 0.5) is 0 Å². The van der Waals surface area contributed by atoms with Crippen molar-refractivity contribution in [2.24, 2.45) is 0 Å². The number of aryl methyl sites for hydroxylation is 1. The van der Waals surface area contributed by atoms with E-state index in [1.54, 1.807) is 7.11 Å². The van der Waals surface area contributed by atoms with E-state index in [1.165, 1.54) is 0 Å². The zero-order chi connectivity index (χ0) is 11.3. The minimum Gasteiger partial charge on any atom is -0.492 e. The monoisotopic (exact) mass is 206 g/mol. The second-order valence-electron chi connectivity index (χ2n) is 2.91. The molecule has 2 rings (SSSR count). The summed E-state index contributed by atoms with van der Waals surface area (Å²) in [7, 11) is 1.68. The minimum absolute atomic E-state index is 0.859. The Morgan fingerprint density at radius 3 is 2.47 bits per heavy atom. The molecule has 0 bridgehead atoms. The number of ether oxygens (including phenoxy) is 1. The maximum absolute atomic E-state index is 5.61. The Hall–Kier alpha value is -1.44. The zero-order valence-electron chi connectivity index (χ0n) is 9.83. The van der Waals surface area contributed by atoms with Gasteiger partial charge in [0, 0.05) is 6.42 Å². The van der Waals surface area contributed by atoms with Gasteiger partial charge in [0.2, 0.25) is 0 Å². The normalized spacial score (nSPS) is 9.60. The zero-order valence-corrected chi connectivity index (χ0v) is 9.83. The summed E-state index contributed by atoms with van der Waals surface area (Å²) in [6, 6.07) is 7.92. The quantitative estimate of drug-likeness (QED) is 0.740. The predicted octanol–water partition coefficient (Wildman–Crippen LogP) is 4.03. The number of para-hydroxylation sites is 1. The van der Waals surface area contributed by atoms with Crippen LogP contribution in [0.15, 0.2) is 28.7 Å². The van der Waals surface area contributed by atoms with E-state index in [-0.39, 0.29) is 0 Å². The summed E-state index contributed by atoms with van der Waals surface area (Å²) in [6.07, 6.45) is 0.859. The van der Waals surface area contributed by atoms with E-state index in [2.05, 4.69) is 6.92 Å². The summed E-state index contributed by atoms with van der Waals surface area (Å²) in [5.74, 6) is 1.79. The SMILES string of the molecule is CC.CCc1oc2ccccc2c1OC. The van der Waals surface area contributed by atoms with Crippen molar-refractivity contribution in [1.82, 2.24) is 0 Å². The fourth-order valence-electron chi connectivity index (χ4n) is 1.53. The average molecular weight is 206 g/mol. The van der Waals surface area contributed by atoms with Gasteiger partial charge in [0.05, 0.1) is 12.5 Å². The second kappa shape index (κ2) is 5.44. The molecule has 2 nitrogen and oxygen atoms in total. The van der Waals surface area contributed by atoms with Crippen molar-refractivity contribution < 1.29 is 9.15 Å². The van der Waals surface area contributed by atoms with Crippen molar-refractivity contribution in [3.8, 4) is 5.75 Å². The molecular weight excluding hydrogens is 188 g/mol. The molecule has 0 atom stereocenters. The molecular formula is C13H18O2. The minimum atomic E-state index is 0.859. The third-order valence-electron chi connectivity index (χ3n) is 2.14. The molecule has 0 unspecified atom stereocenters. The lowest BCUT2D eigenvalue weighted by Gasteiger charge is -1.96. The smallest absolute Gasteiger partial charge is 0.168 e. The van der Waals surface area contributed by atoms with E-state index < -0.39 is 0 Å². The number of hydrogen-bond acceptors (Lipinski definition) is 2. The summed E-state index contributed by atoms with van der Waals surface area (Å²) < 4.78 is 10.9. The standard InChI is InChI=1S/C11H12O2.C2H6/c1-3-9-11(12-2)8-6-4-5-7-10(8)13-9;1-2/h4-7H,3H2,1-2H3;1-2H3. The average Bonchev–Trinajstić information content (AvgIpc) is 2.69. The first-order valence-corrected chi connectivity index (χ1v) is 5.41. The molecule has 2 heteroatoms. The molecule has 82 valence electrons. The van der Waals surface area contributed by atoms with Gasteiger partial charge in [-0.3, -0.25) is 0 Å². The lowest BCUT2D eigenvalue weighted by molar-refractivity contribution is 0.397. The van der Waals surface area contributed by atoms with Crippen LogP contribution in [0.2, 0.25) is 0 Å². The van der Waals surface area contributed by atoms with E-state index in [0.717, 1.165) is 28.9 Å². The van der Waals surface area contributed by atoms with E-state index in [0.29, 0.717) is 0 Å². The van der Waals surface area contributed by atoms with Crippen molar-refractivity contribution >= 4 is 11.0 Å². The van der Waals surface area contributed by atoms with Crippen molar-refractivity contribution in [1.29, 1.82) is 0 Å². The van der Waals surface area contributed by atoms with Crippen molar-refractivity contribution in [3.63, 3.8) is 0 Å². The lowest BCUT2D eigenvalue weighted by Crippen LogP contribution is -1.84. The molecule has 0 fully saturated rings. The van der Waals surface area contributed by atoms with Gasteiger partial charge in [-0.15, -0.1) is 0 Å². The molecule has 0 spiro atoms. The summed E-state index contributed by atoms with van der Waals surface area (Å²) in [6.45, 7) is 6.06. The molecule has 1 aromatic heterocycles. The van der Waals surface area contributed by atoms with Crippen molar-refractivity contribution in [2.45, 2.75) is 27.2 Å². The summed E-state index contributed by atoms with van der Waals surface area (Å²) >= 11 is 0. The molecule has 1 aromatic carbocycles. The molecule has 0 saturated carbocycles. The van der Waals surface area contributed by atoms with Crippen LogP contribution >= 0.6 is 0 Å². The number of benzene rings is 1. The fourth-order valence-corrected chi connectivity index (χ4v) is 1.53. The molecule has 0 aliphatic carbocycles. The third-order valence-corrected chi connectivity index (χ3v) is 2.14. The van der Waals surface area contributed by atoms with Gasteiger partial charge < -0.3 is 9.15 Å². The van der Waals surface area contributed by atoms with E-state index in [4.69, 9.17) is 9.15 Å². The second-order valence-corrected chi connectivity index (χ2v) is 2.91. The van der Waals surface area contributed by atoms with Gasteiger partial charge in [-0.25, -0.2) is 0 Å². The van der Waals surface area contributed by atoms with E-state index in [9.17, 15) is 0 Å². The van der Waals surface area contributed by atoms with E-state index in [1.807, 2.05) is 38.1 Å². The highest BCUT2D eigenvalue weighted by atomic mass is 16.5. The van der Waals surface area contributed by atoms with Crippen LogP contribution in [0.3, 0.4) is 0 Å². The number of fused-ring (bicyclic) bond motifs is 1. The Balaban J connectivity index is 0.000000531. The first-order valence-electron chi connectivity index (χ1n) is 5.41. The molecule has 0 aliphatic heterocycles. The van der Waals surface area contributed by atoms with Crippen LogP contribution in [0, 0.1) is 0 Å². The van der Waals surface area contributed by atoms with Crippen LogP contribution in [0.1, 0.15) is 26.5 Å². The van der Waals surface area contributed by atoms with Gasteiger partial charge in [-0.2, -0.15) is 0 Å². The van der Waals surface area contributed by atoms with Crippen LogP contribution < -0.4 is 4.74 Å². The topological polar surface area (TPSA) is 22.4 Å². The Morgan fingerprint density at radius 2 is 1.87 bits per heavy atom. The first kappa shape index (κ1) is 11.6. The van der Waals surface area contributed by atoms with Crippen LogP contribution in [-0.4, -0.2) is 7.11 Å². The first-order chi connectivity index (χ1) is 7.36. The maximum Gasteiger partial charge on any atom is 0.168 e. The van der Waals surface area contributed by atoms with Gasteiger partial charge in [0.15, 0.2) is 5.75 Å². The molecule has 1 heterocycles. The largest absolute Gasteiger partial charge is 0.492 e. The highest BCUT2D eigenvalue weighted by molar-refractivity contribution is 5.85. The summed E-state index contributed by atoms with van der Waals surface area (Å²) in [5, 5.41) is 1.06. The summed E-state index contributed by atoms with van der Waals surface area (Å²) in [4.78, 5) is 0. The molecule has 0 amide bonds. The number of rotatable bonds is 2. The third kappa shape index (κ3) is 2.14. The fraction of sp³-hybridized carbons (Fsp3) is 0.385. The summed E-state index contributed by atoms with van der Waals surface area (Å²) in [5.41, 5.74) is 0.899. The number of furan rings is 1. The van der Waals surface area contributed by atoms with Gasteiger partial charge in [0.1, 0.15) is 11.3 Å². The van der Waals surface area contributed by atoms with Crippen LogP contribution in [0.25, 0.3) is 11.0 Å². The lowest BCUT2D eigenvalue weighted by atomic mass is 10.2. The van der Waals surface area contributed by atoms with Gasteiger partial charge in [0.25, 0.3) is 0 Å². The molecule has 0 N–H and O–H groups in total. The van der Waals surface area contributed by atoms with Gasteiger partial charge >= 0.3 is 0 Å². The van der Waals surface area contributed by atoms with E-state index >= 15 is 0 Å². The molecule has 0 radical (unpaired) electrons. The Kier molecular flexibility index (Phi) is 4.22. The molecule has 2 aromatic rings. The molecule has 15 heavy (non-hydrogen) atoms. The van der Waals surface area contributed by atoms with Crippen molar-refractivity contribution in [2.75, 3.05) is 7.11 Å². The molecule has 0 saturated heterocycles. The number of methoxy groups -OCH3 is 1. The Labute approximate surface area is 90.9 Å². The van der Waals surface area contributed by atoms with Crippen LogP contribution in [0.5, 0.6) is 5.75 Å². The highest BCUT2D eigenvalue weighted by Crippen LogP contribution is 2.32. The van der Waals surface area contributed by atoms with Gasteiger partial charge in [-0.05, 0) is 12.1 Å². The molecule has 0 aliphatic rings. The van der Waals surface area contributed by atoms with Crippen molar-refractivity contribution in [3.05, 3.63) is 30.0 Å². The Bertz CT molecular complexity index is 415.